The van der Waals surface area contributed by atoms with Crippen molar-refractivity contribution in [3.8, 4) is 18.2 Å². The van der Waals surface area contributed by atoms with Crippen molar-refractivity contribution in [2.45, 2.75) is 0 Å². The lowest BCUT2D eigenvalue weighted by atomic mass is 9.94. The van der Waals surface area contributed by atoms with Gasteiger partial charge in [-0.1, -0.05) is 0 Å². The summed E-state index contributed by atoms with van der Waals surface area (Å²) in [7, 11) is 0. The first kappa shape index (κ1) is 8.01. The van der Waals surface area contributed by atoms with Crippen LogP contribution in [-0.4, -0.2) is 0 Å². The Morgan fingerprint density at radius 2 is 1.50 bits per heavy atom. The van der Waals surface area contributed by atoms with Crippen LogP contribution in [-0.2, 0) is 0 Å². The quantitative estimate of drug-likeness (QED) is 0.543. The summed E-state index contributed by atoms with van der Waals surface area (Å²) in [6.45, 7) is 0. The second-order valence-electron chi connectivity index (χ2n) is 1.50. The van der Waals surface area contributed by atoms with E-state index < -0.39 is 5.41 Å². The third-order valence-electron chi connectivity index (χ3n) is 0.875. The van der Waals surface area contributed by atoms with Crippen molar-refractivity contribution in [3.05, 3.63) is 12.3 Å². The van der Waals surface area contributed by atoms with Gasteiger partial charge in [0, 0.05) is 0 Å². The zero-order valence-corrected chi connectivity index (χ0v) is 5.07. The number of nitriles is 3. The van der Waals surface area contributed by atoms with Crippen molar-refractivity contribution in [1.82, 2.24) is 0 Å². The summed E-state index contributed by atoms with van der Waals surface area (Å²) in [6, 6.07) is 4.58. The molecule has 0 heterocycles. The summed E-state index contributed by atoms with van der Waals surface area (Å²) in [5.74, 6) is 0. The average Bonchev–Trinajstić information content (AvgIpc) is 2.01. The molecule has 0 bridgehead atoms. The molecule has 0 saturated carbocycles. The molecule has 0 radical (unpaired) electrons. The Kier molecular flexibility index (Phi) is 2.50. The van der Waals surface area contributed by atoms with Crippen LogP contribution in [0.5, 0.6) is 0 Å². The normalized spacial score (nSPS) is 9.70. The van der Waals surface area contributed by atoms with Gasteiger partial charge in [-0.05, 0) is 12.3 Å². The molecule has 0 unspecified atom stereocenters. The molecule has 0 amide bonds. The predicted molar refractivity (Wildman–Crippen MR) is 32.6 cm³/mol. The summed E-state index contributed by atoms with van der Waals surface area (Å²) in [5.41, 5.74) is 3.19. The Balaban J connectivity index is 4.80. The smallest absolute Gasteiger partial charge is 0.248 e. The monoisotopic (exact) mass is 132 g/mol. The highest BCUT2D eigenvalue weighted by Gasteiger charge is 2.25. The highest BCUT2D eigenvalue weighted by Crippen LogP contribution is 2.13. The van der Waals surface area contributed by atoms with Crippen molar-refractivity contribution in [1.29, 1.82) is 15.8 Å². The van der Waals surface area contributed by atoms with Crippen LogP contribution in [0.15, 0.2) is 12.3 Å². The minimum atomic E-state index is -1.71. The van der Waals surface area contributed by atoms with E-state index in [1.165, 1.54) is 18.2 Å². The van der Waals surface area contributed by atoms with Crippen molar-refractivity contribution < 1.29 is 0 Å². The molecule has 0 fully saturated rings. The molecule has 10 heavy (non-hydrogen) atoms. The molecule has 0 rings (SSSR count). The van der Waals surface area contributed by atoms with Crippen LogP contribution in [0.25, 0.3) is 0 Å². The van der Waals surface area contributed by atoms with Gasteiger partial charge in [0.25, 0.3) is 0 Å². The zero-order valence-electron chi connectivity index (χ0n) is 5.07. The van der Waals surface area contributed by atoms with Gasteiger partial charge in [-0.15, -0.1) is 0 Å². The van der Waals surface area contributed by atoms with Crippen LogP contribution in [0, 0.1) is 39.4 Å². The van der Waals surface area contributed by atoms with Crippen LogP contribution >= 0.6 is 0 Å². The number of hydrogen-bond acceptors (Lipinski definition) is 4. The number of hydrogen-bond donors (Lipinski definition) is 1. The fourth-order valence-corrected chi connectivity index (χ4v) is 0.331. The summed E-state index contributed by atoms with van der Waals surface area (Å²) in [6.07, 6.45) is 2.06. The summed E-state index contributed by atoms with van der Waals surface area (Å²) in [5, 5.41) is 24.9. The molecule has 0 aromatic carbocycles. The van der Waals surface area contributed by atoms with Gasteiger partial charge in [-0.25, -0.2) is 0 Å². The second kappa shape index (κ2) is 3.12. The molecule has 0 aliphatic carbocycles. The minimum absolute atomic E-state index is 1.01. The molecule has 0 aliphatic heterocycles. The number of nitrogens with two attached hydrogens (primary N) is 1. The van der Waals surface area contributed by atoms with E-state index in [2.05, 4.69) is 0 Å². The highest BCUT2D eigenvalue weighted by atomic mass is 14.5. The average molecular weight is 132 g/mol. The Hall–Kier alpha value is -1.99. The summed E-state index contributed by atoms with van der Waals surface area (Å²) >= 11 is 0. The van der Waals surface area contributed by atoms with Gasteiger partial charge in [0.15, 0.2) is 0 Å². The summed E-state index contributed by atoms with van der Waals surface area (Å²) in [4.78, 5) is 0. The van der Waals surface area contributed by atoms with E-state index in [1.807, 2.05) is 0 Å². The topological polar surface area (TPSA) is 97.4 Å². The summed E-state index contributed by atoms with van der Waals surface area (Å²) < 4.78 is 0. The lowest BCUT2D eigenvalue weighted by Gasteiger charge is -1.97. The Morgan fingerprint density at radius 3 is 1.60 bits per heavy atom. The molecule has 0 atom stereocenters. The maximum atomic E-state index is 8.31. The molecular weight excluding hydrogens is 128 g/mol. The van der Waals surface area contributed by atoms with E-state index in [0.29, 0.717) is 0 Å². The maximum absolute atomic E-state index is 8.31. The number of allylic oxidation sites excluding steroid dienone is 1. The van der Waals surface area contributed by atoms with Crippen LogP contribution < -0.4 is 5.73 Å². The van der Waals surface area contributed by atoms with Gasteiger partial charge in [-0.2, -0.15) is 15.8 Å². The lowest BCUT2D eigenvalue weighted by Crippen LogP contribution is -2.09. The lowest BCUT2D eigenvalue weighted by molar-refractivity contribution is 0.872. The number of nitrogens with zero attached hydrogens (tertiary/aromatic N) is 3. The molecule has 0 spiro atoms. The first-order valence-corrected chi connectivity index (χ1v) is 2.38. The first-order valence-electron chi connectivity index (χ1n) is 2.38. The fraction of sp³-hybridized carbons (Fsp3) is 0.167. The Morgan fingerprint density at radius 1 is 1.10 bits per heavy atom. The van der Waals surface area contributed by atoms with Gasteiger partial charge in [0.05, 0.1) is 0 Å². The van der Waals surface area contributed by atoms with Crippen molar-refractivity contribution in [2.75, 3.05) is 0 Å². The van der Waals surface area contributed by atoms with Gasteiger partial charge >= 0.3 is 0 Å². The molecule has 48 valence electrons. The maximum Gasteiger partial charge on any atom is 0.248 e. The van der Waals surface area contributed by atoms with E-state index >= 15 is 0 Å². The molecule has 4 heteroatoms. The molecule has 0 aliphatic rings. The first-order chi connectivity index (χ1) is 4.74. The third-order valence-corrected chi connectivity index (χ3v) is 0.875. The molecule has 4 nitrogen and oxygen atoms in total. The predicted octanol–water partition coefficient (Wildman–Crippen LogP) is 0.0159. The van der Waals surface area contributed by atoms with Crippen LogP contribution in [0.3, 0.4) is 0 Å². The van der Waals surface area contributed by atoms with E-state index in [9.17, 15) is 0 Å². The largest absolute Gasteiger partial charge is 0.405 e. The number of rotatable bonds is 1. The van der Waals surface area contributed by atoms with Crippen molar-refractivity contribution in [2.24, 2.45) is 11.1 Å². The van der Waals surface area contributed by atoms with Gasteiger partial charge in [0.2, 0.25) is 5.41 Å². The Bertz CT molecular complexity index is 221. The molecule has 0 saturated heterocycles. The fourth-order valence-electron chi connectivity index (χ4n) is 0.331. The van der Waals surface area contributed by atoms with Crippen molar-refractivity contribution in [3.63, 3.8) is 0 Å². The van der Waals surface area contributed by atoms with E-state index in [0.717, 1.165) is 12.3 Å². The van der Waals surface area contributed by atoms with Crippen LogP contribution in [0.2, 0.25) is 0 Å². The molecule has 2 N–H and O–H groups in total. The zero-order chi connectivity index (χ0) is 8.04. The van der Waals surface area contributed by atoms with Crippen LogP contribution in [0.1, 0.15) is 0 Å². The molecule has 0 aromatic heterocycles. The third kappa shape index (κ3) is 1.24. The SMILES string of the molecule is N#CC(C#N)(C#N)C=CN. The highest BCUT2D eigenvalue weighted by molar-refractivity contribution is 5.33. The van der Waals surface area contributed by atoms with E-state index in [4.69, 9.17) is 21.5 Å². The van der Waals surface area contributed by atoms with Gasteiger partial charge < -0.3 is 5.73 Å². The van der Waals surface area contributed by atoms with Gasteiger partial charge in [-0.3, -0.25) is 0 Å². The van der Waals surface area contributed by atoms with Crippen molar-refractivity contribution >= 4 is 0 Å². The molecule has 0 aromatic rings. The minimum Gasteiger partial charge on any atom is -0.405 e. The Labute approximate surface area is 58.4 Å². The second-order valence-corrected chi connectivity index (χ2v) is 1.50. The van der Waals surface area contributed by atoms with Gasteiger partial charge in [0.1, 0.15) is 18.2 Å². The standard InChI is InChI=1S/C6H4N4/c7-2-1-6(3-8,4-9)5-10/h1-2H,7H2. The van der Waals surface area contributed by atoms with E-state index in [-0.39, 0.29) is 0 Å². The molecular formula is C6H4N4. The van der Waals surface area contributed by atoms with Crippen LogP contribution in [0.4, 0.5) is 0 Å². The van der Waals surface area contributed by atoms with E-state index in [1.54, 1.807) is 0 Å².